The first kappa shape index (κ1) is 11.6. The standard InChI is InChI=1S/C12H18N2O/c1-3-9-14(4-2)12(15)10-7-5-6-8-11(10)13/h5-8H,3-4,9,13H2,1-2H3. The molecule has 0 unspecified atom stereocenters. The Labute approximate surface area is 90.9 Å². The van der Waals surface area contributed by atoms with Gasteiger partial charge in [0.25, 0.3) is 5.91 Å². The number of anilines is 1. The van der Waals surface area contributed by atoms with Gasteiger partial charge in [0.05, 0.1) is 5.56 Å². The second-order valence-corrected chi connectivity index (χ2v) is 3.47. The molecule has 3 nitrogen and oxygen atoms in total. The van der Waals surface area contributed by atoms with Crippen LogP contribution in [0.5, 0.6) is 0 Å². The monoisotopic (exact) mass is 206 g/mol. The number of rotatable bonds is 4. The topological polar surface area (TPSA) is 46.3 Å². The Hall–Kier alpha value is -1.51. The molecule has 0 fully saturated rings. The molecular weight excluding hydrogens is 188 g/mol. The zero-order valence-electron chi connectivity index (χ0n) is 9.36. The molecule has 0 saturated carbocycles. The van der Waals surface area contributed by atoms with Gasteiger partial charge >= 0.3 is 0 Å². The first-order valence-corrected chi connectivity index (χ1v) is 5.34. The lowest BCUT2D eigenvalue weighted by Crippen LogP contribution is -2.31. The summed E-state index contributed by atoms with van der Waals surface area (Å²) in [6, 6.07) is 7.20. The van der Waals surface area contributed by atoms with E-state index in [9.17, 15) is 4.79 Å². The number of amides is 1. The molecule has 2 N–H and O–H groups in total. The summed E-state index contributed by atoms with van der Waals surface area (Å²) in [6.45, 7) is 5.54. The van der Waals surface area contributed by atoms with Gasteiger partial charge in [0, 0.05) is 18.8 Å². The molecule has 0 saturated heterocycles. The van der Waals surface area contributed by atoms with Crippen molar-refractivity contribution < 1.29 is 4.79 Å². The Morgan fingerprint density at radius 1 is 1.33 bits per heavy atom. The lowest BCUT2D eigenvalue weighted by atomic mass is 10.1. The highest BCUT2D eigenvalue weighted by Crippen LogP contribution is 2.13. The van der Waals surface area contributed by atoms with Crippen molar-refractivity contribution in [2.45, 2.75) is 20.3 Å². The predicted octanol–water partition coefficient (Wildman–Crippen LogP) is 2.14. The summed E-state index contributed by atoms with van der Waals surface area (Å²) >= 11 is 0. The van der Waals surface area contributed by atoms with Crippen LogP contribution in [0.15, 0.2) is 24.3 Å². The number of nitrogen functional groups attached to an aromatic ring is 1. The van der Waals surface area contributed by atoms with Crippen LogP contribution in [0, 0.1) is 0 Å². The summed E-state index contributed by atoms with van der Waals surface area (Å²) in [5.74, 6) is 0.0254. The quantitative estimate of drug-likeness (QED) is 0.767. The third kappa shape index (κ3) is 2.72. The van der Waals surface area contributed by atoms with Crippen molar-refractivity contribution in [3.05, 3.63) is 29.8 Å². The van der Waals surface area contributed by atoms with Crippen LogP contribution >= 0.6 is 0 Å². The predicted molar refractivity (Wildman–Crippen MR) is 62.7 cm³/mol. The van der Waals surface area contributed by atoms with E-state index >= 15 is 0 Å². The number of hydrogen-bond donors (Lipinski definition) is 1. The van der Waals surface area contributed by atoms with Crippen molar-refractivity contribution in [1.82, 2.24) is 4.90 Å². The maximum absolute atomic E-state index is 12.0. The van der Waals surface area contributed by atoms with Crippen LogP contribution in [0.3, 0.4) is 0 Å². The second kappa shape index (κ2) is 5.39. The van der Waals surface area contributed by atoms with Gasteiger partial charge in [0.2, 0.25) is 0 Å². The molecule has 0 aliphatic rings. The Balaban J connectivity index is 2.88. The van der Waals surface area contributed by atoms with E-state index in [1.807, 2.05) is 24.0 Å². The molecule has 15 heavy (non-hydrogen) atoms. The largest absolute Gasteiger partial charge is 0.398 e. The fourth-order valence-corrected chi connectivity index (χ4v) is 1.54. The summed E-state index contributed by atoms with van der Waals surface area (Å²) < 4.78 is 0. The molecule has 1 aromatic carbocycles. The van der Waals surface area contributed by atoms with Gasteiger partial charge < -0.3 is 10.6 Å². The number of nitrogens with zero attached hydrogens (tertiary/aromatic N) is 1. The maximum Gasteiger partial charge on any atom is 0.255 e. The summed E-state index contributed by atoms with van der Waals surface area (Å²) in [4.78, 5) is 13.8. The van der Waals surface area contributed by atoms with Gasteiger partial charge in [0.15, 0.2) is 0 Å². The summed E-state index contributed by atoms with van der Waals surface area (Å²) in [7, 11) is 0. The van der Waals surface area contributed by atoms with Gasteiger partial charge in [-0.05, 0) is 25.5 Å². The van der Waals surface area contributed by atoms with E-state index in [-0.39, 0.29) is 5.91 Å². The van der Waals surface area contributed by atoms with E-state index in [1.54, 1.807) is 12.1 Å². The normalized spacial score (nSPS) is 10.0. The average Bonchev–Trinajstić information content (AvgIpc) is 2.25. The highest BCUT2D eigenvalue weighted by atomic mass is 16.2. The summed E-state index contributed by atoms with van der Waals surface area (Å²) in [5.41, 5.74) is 6.92. The third-order valence-corrected chi connectivity index (χ3v) is 2.35. The van der Waals surface area contributed by atoms with Crippen molar-refractivity contribution in [3.63, 3.8) is 0 Å². The molecule has 1 aromatic rings. The molecule has 0 heterocycles. The van der Waals surface area contributed by atoms with E-state index in [0.717, 1.165) is 19.5 Å². The number of nitrogens with two attached hydrogens (primary N) is 1. The van der Waals surface area contributed by atoms with E-state index in [2.05, 4.69) is 6.92 Å². The molecule has 0 bridgehead atoms. The number of benzene rings is 1. The molecule has 0 aliphatic carbocycles. The van der Waals surface area contributed by atoms with Gasteiger partial charge in [-0.25, -0.2) is 0 Å². The second-order valence-electron chi connectivity index (χ2n) is 3.47. The van der Waals surface area contributed by atoms with Gasteiger partial charge in [-0.1, -0.05) is 19.1 Å². The van der Waals surface area contributed by atoms with Crippen LogP contribution in [0.2, 0.25) is 0 Å². The fraction of sp³-hybridized carbons (Fsp3) is 0.417. The van der Waals surface area contributed by atoms with Crippen molar-refractivity contribution in [1.29, 1.82) is 0 Å². The summed E-state index contributed by atoms with van der Waals surface area (Å²) in [6.07, 6.45) is 0.965. The fourth-order valence-electron chi connectivity index (χ4n) is 1.54. The molecule has 0 atom stereocenters. The molecule has 0 aromatic heterocycles. The lowest BCUT2D eigenvalue weighted by Gasteiger charge is -2.20. The SMILES string of the molecule is CCCN(CC)C(=O)c1ccccc1N. The van der Waals surface area contributed by atoms with E-state index in [1.165, 1.54) is 0 Å². The first-order chi connectivity index (χ1) is 7.20. The third-order valence-electron chi connectivity index (χ3n) is 2.35. The number of carbonyl (C=O) groups excluding carboxylic acids is 1. The number of carbonyl (C=O) groups is 1. The highest BCUT2D eigenvalue weighted by Gasteiger charge is 2.14. The van der Waals surface area contributed by atoms with Crippen LogP contribution in [0.25, 0.3) is 0 Å². The molecule has 0 aliphatic heterocycles. The van der Waals surface area contributed by atoms with Crippen molar-refractivity contribution in [2.24, 2.45) is 0 Å². The number of hydrogen-bond acceptors (Lipinski definition) is 2. The van der Waals surface area contributed by atoms with Crippen LogP contribution in [0.1, 0.15) is 30.6 Å². The molecule has 0 spiro atoms. The Kier molecular flexibility index (Phi) is 4.16. The molecule has 82 valence electrons. The smallest absolute Gasteiger partial charge is 0.255 e. The zero-order valence-corrected chi connectivity index (χ0v) is 9.36. The molecular formula is C12H18N2O. The van der Waals surface area contributed by atoms with Gasteiger partial charge in [0.1, 0.15) is 0 Å². The Bertz CT molecular complexity index is 336. The minimum absolute atomic E-state index is 0.0254. The van der Waals surface area contributed by atoms with Crippen LogP contribution in [-0.2, 0) is 0 Å². The molecule has 1 amide bonds. The van der Waals surface area contributed by atoms with Gasteiger partial charge in [-0.3, -0.25) is 4.79 Å². The zero-order chi connectivity index (χ0) is 11.3. The van der Waals surface area contributed by atoms with Crippen LogP contribution < -0.4 is 5.73 Å². The van der Waals surface area contributed by atoms with E-state index in [4.69, 9.17) is 5.73 Å². The minimum atomic E-state index is 0.0254. The highest BCUT2D eigenvalue weighted by molar-refractivity contribution is 5.99. The van der Waals surface area contributed by atoms with Crippen molar-refractivity contribution >= 4 is 11.6 Å². The van der Waals surface area contributed by atoms with Gasteiger partial charge in [-0.2, -0.15) is 0 Å². The molecule has 1 rings (SSSR count). The maximum atomic E-state index is 12.0. The number of para-hydroxylation sites is 1. The average molecular weight is 206 g/mol. The Morgan fingerprint density at radius 2 is 2.00 bits per heavy atom. The Morgan fingerprint density at radius 3 is 2.53 bits per heavy atom. The summed E-state index contributed by atoms with van der Waals surface area (Å²) in [5, 5.41) is 0. The van der Waals surface area contributed by atoms with Crippen LogP contribution in [0.4, 0.5) is 5.69 Å². The van der Waals surface area contributed by atoms with Crippen LogP contribution in [-0.4, -0.2) is 23.9 Å². The van der Waals surface area contributed by atoms with E-state index < -0.39 is 0 Å². The lowest BCUT2D eigenvalue weighted by molar-refractivity contribution is 0.0765. The van der Waals surface area contributed by atoms with Crippen molar-refractivity contribution in [3.8, 4) is 0 Å². The van der Waals surface area contributed by atoms with E-state index in [0.29, 0.717) is 11.3 Å². The minimum Gasteiger partial charge on any atom is -0.398 e. The molecule has 3 heteroatoms. The van der Waals surface area contributed by atoms with Crippen molar-refractivity contribution in [2.75, 3.05) is 18.8 Å². The first-order valence-electron chi connectivity index (χ1n) is 5.34. The van der Waals surface area contributed by atoms with Gasteiger partial charge in [-0.15, -0.1) is 0 Å². The molecule has 0 radical (unpaired) electrons.